The molecule has 3 aromatic carbocycles. The highest BCUT2D eigenvalue weighted by Gasteiger charge is 2.30. The molecular weight excluding hydrogens is 436 g/mol. The Bertz CT molecular complexity index is 1140. The highest BCUT2D eigenvalue weighted by Crippen LogP contribution is 2.34. The molecule has 0 radical (unpaired) electrons. The highest BCUT2D eigenvalue weighted by molar-refractivity contribution is 7.92. The Morgan fingerprint density at radius 1 is 1.03 bits per heavy atom. The molecule has 0 saturated heterocycles. The average Bonchev–Trinajstić information content (AvgIpc) is 2.78. The van der Waals surface area contributed by atoms with E-state index in [-0.39, 0.29) is 22.4 Å². The number of amides is 1. The van der Waals surface area contributed by atoms with Crippen molar-refractivity contribution in [2.45, 2.75) is 17.9 Å². The number of benzene rings is 3. The van der Waals surface area contributed by atoms with Crippen molar-refractivity contribution in [3.8, 4) is 5.75 Å². The first-order chi connectivity index (χ1) is 14.8. The fraction of sp³-hybridized carbons (Fsp3) is 0.174. The van der Waals surface area contributed by atoms with Crippen molar-refractivity contribution in [2.24, 2.45) is 0 Å². The number of anilines is 1. The van der Waals surface area contributed by atoms with Crippen LogP contribution in [0.3, 0.4) is 0 Å². The number of rotatable bonds is 8. The van der Waals surface area contributed by atoms with E-state index >= 15 is 0 Å². The second-order valence-corrected chi connectivity index (χ2v) is 9.14. The van der Waals surface area contributed by atoms with Crippen molar-refractivity contribution in [3.63, 3.8) is 0 Å². The monoisotopic (exact) mass is 458 g/mol. The molecule has 3 aromatic rings. The third-order valence-corrected chi connectivity index (χ3v) is 6.71. The predicted octanol–water partition coefficient (Wildman–Crippen LogP) is 4.42. The molecule has 0 spiro atoms. The molecule has 0 aliphatic carbocycles. The minimum absolute atomic E-state index is 0.0564. The molecule has 0 aromatic heterocycles. The van der Waals surface area contributed by atoms with Gasteiger partial charge in [-0.1, -0.05) is 60.1 Å². The average molecular weight is 459 g/mol. The molecular formula is C23H23ClN2O4S. The number of halogens is 1. The first-order valence-electron chi connectivity index (χ1n) is 9.58. The molecule has 0 saturated carbocycles. The first-order valence-corrected chi connectivity index (χ1v) is 11.4. The molecule has 0 heterocycles. The maximum absolute atomic E-state index is 13.5. The Morgan fingerprint density at radius 3 is 2.26 bits per heavy atom. The van der Waals surface area contributed by atoms with Gasteiger partial charge in [-0.3, -0.25) is 9.10 Å². The maximum Gasteiger partial charge on any atom is 0.264 e. The third kappa shape index (κ3) is 5.37. The SMILES string of the molecule is COc1ccc(Cl)cc1N(CC(=O)NC(C)c1ccccc1)S(=O)(=O)c1ccccc1. The number of sulfonamides is 1. The highest BCUT2D eigenvalue weighted by atomic mass is 35.5. The van der Waals surface area contributed by atoms with Gasteiger partial charge in [0, 0.05) is 5.02 Å². The number of nitrogens with zero attached hydrogens (tertiary/aromatic N) is 1. The lowest BCUT2D eigenvalue weighted by Crippen LogP contribution is -2.41. The second kappa shape index (κ2) is 9.85. The lowest BCUT2D eigenvalue weighted by Gasteiger charge is -2.26. The standard InChI is InChI=1S/C23H23ClN2O4S/c1-17(18-9-5-3-6-10-18)25-23(27)16-26(21-15-19(24)13-14-22(21)30-2)31(28,29)20-11-7-4-8-12-20/h3-15,17H,16H2,1-2H3,(H,25,27). The third-order valence-electron chi connectivity index (χ3n) is 4.71. The van der Waals surface area contributed by atoms with E-state index in [1.54, 1.807) is 30.3 Å². The summed E-state index contributed by atoms with van der Waals surface area (Å²) in [6.45, 7) is 1.40. The predicted molar refractivity (Wildman–Crippen MR) is 122 cm³/mol. The molecule has 31 heavy (non-hydrogen) atoms. The molecule has 8 heteroatoms. The summed E-state index contributed by atoms with van der Waals surface area (Å²) in [7, 11) is -2.64. The molecule has 1 N–H and O–H groups in total. The fourth-order valence-electron chi connectivity index (χ4n) is 3.12. The topological polar surface area (TPSA) is 75.7 Å². The smallest absolute Gasteiger partial charge is 0.264 e. The normalized spacial score (nSPS) is 12.1. The summed E-state index contributed by atoms with van der Waals surface area (Å²) >= 11 is 6.14. The zero-order valence-electron chi connectivity index (χ0n) is 17.2. The van der Waals surface area contributed by atoms with Crippen molar-refractivity contribution < 1.29 is 17.9 Å². The second-order valence-electron chi connectivity index (χ2n) is 6.84. The lowest BCUT2D eigenvalue weighted by atomic mass is 10.1. The molecule has 162 valence electrons. The van der Waals surface area contributed by atoms with Gasteiger partial charge in [-0.15, -0.1) is 0 Å². The van der Waals surface area contributed by atoms with Gasteiger partial charge in [-0.2, -0.15) is 0 Å². The summed E-state index contributed by atoms with van der Waals surface area (Å²) in [5.41, 5.74) is 1.09. The van der Waals surface area contributed by atoms with Gasteiger partial charge < -0.3 is 10.1 Å². The van der Waals surface area contributed by atoms with Crippen LogP contribution in [0.15, 0.2) is 83.8 Å². The minimum atomic E-state index is -4.07. The van der Waals surface area contributed by atoms with Gasteiger partial charge in [-0.05, 0) is 42.8 Å². The summed E-state index contributed by atoms with van der Waals surface area (Å²) in [5, 5.41) is 3.17. The van der Waals surface area contributed by atoms with E-state index in [0.717, 1.165) is 9.87 Å². The van der Waals surface area contributed by atoms with Gasteiger partial charge in [0.2, 0.25) is 5.91 Å². The van der Waals surface area contributed by atoms with Crippen LogP contribution >= 0.6 is 11.6 Å². The number of methoxy groups -OCH3 is 1. The van der Waals surface area contributed by atoms with E-state index in [0.29, 0.717) is 5.02 Å². The number of hydrogen-bond donors (Lipinski definition) is 1. The fourth-order valence-corrected chi connectivity index (χ4v) is 4.73. The van der Waals surface area contributed by atoms with Crippen molar-refractivity contribution in [1.29, 1.82) is 0 Å². The van der Waals surface area contributed by atoms with Crippen LogP contribution in [0, 0.1) is 0 Å². The van der Waals surface area contributed by atoms with Crippen LogP contribution < -0.4 is 14.4 Å². The Labute approximate surface area is 187 Å². The molecule has 1 amide bonds. The van der Waals surface area contributed by atoms with Crippen LogP contribution in [0.25, 0.3) is 0 Å². The molecule has 1 atom stereocenters. The van der Waals surface area contributed by atoms with E-state index < -0.39 is 22.5 Å². The van der Waals surface area contributed by atoms with Gasteiger partial charge in [0.05, 0.1) is 23.7 Å². The molecule has 6 nitrogen and oxygen atoms in total. The van der Waals surface area contributed by atoms with Crippen molar-refractivity contribution in [2.75, 3.05) is 18.0 Å². The molecule has 0 aliphatic heterocycles. The molecule has 0 fully saturated rings. The lowest BCUT2D eigenvalue weighted by molar-refractivity contribution is -0.120. The van der Waals surface area contributed by atoms with Crippen LogP contribution in [0.2, 0.25) is 5.02 Å². The van der Waals surface area contributed by atoms with E-state index in [9.17, 15) is 13.2 Å². The van der Waals surface area contributed by atoms with Gasteiger partial charge in [-0.25, -0.2) is 8.42 Å². The molecule has 0 aliphatic rings. The van der Waals surface area contributed by atoms with E-state index in [1.807, 2.05) is 37.3 Å². The van der Waals surface area contributed by atoms with Crippen molar-refractivity contribution >= 4 is 33.2 Å². The molecule has 1 unspecified atom stereocenters. The maximum atomic E-state index is 13.5. The zero-order chi connectivity index (χ0) is 22.4. The Hall–Kier alpha value is -3.03. The minimum Gasteiger partial charge on any atom is -0.495 e. The molecule has 0 bridgehead atoms. The van der Waals surface area contributed by atoms with Crippen LogP contribution in [-0.2, 0) is 14.8 Å². The summed E-state index contributed by atoms with van der Waals surface area (Å²) in [5.74, 6) is -0.175. The zero-order valence-corrected chi connectivity index (χ0v) is 18.7. The van der Waals surface area contributed by atoms with Gasteiger partial charge in [0.15, 0.2) is 0 Å². The van der Waals surface area contributed by atoms with Crippen LogP contribution in [0.1, 0.15) is 18.5 Å². The number of hydrogen-bond acceptors (Lipinski definition) is 4. The van der Waals surface area contributed by atoms with E-state index in [4.69, 9.17) is 16.3 Å². The van der Waals surface area contributed by atoms with Crippen molar-refractivity contribution in [1.82, 2.24) is 5.32 Å². The van der Waals surface area contributed by atoms with E-state index in [1.165, 1.54) is 25.3 Å². The Kier molecular flexibility index (Phi) is 7.20. The van der Waals surface area contributed by atoms with E-state index in [2.05, 4.69) is 5.32 Å². The van der Waals surface area contributed by atoms with Crippen LogP contribution in [0.4, 0.5) is 5.69 Å². The molecule has 3 rings (SSSR count). The van der Waals surface area contributed by atoms with Gasteiger partial charge >= 0.3 is 0 Å². The Balaban J connectivity index is 1.97. The quantitative estimate of drug-likeness (QED) is 0.542. The van der Waals surface area contributed by atoms with Crippen LogP contribution in [0.5, 0.6) is 5.75 Å². The van der Waals surface area contributed by atoms with Gasteiger partial charge in [0.1, 0.15) is 12.3 Å². The summed E-state index contributed by atoms with van der Waals surface area (Å²) in [4.78, 5) is 12.9. The van der Waals surface area contributed by atoms with Crippen LogP contribution in [-0.4, -0.2) is 28.0 Å². The Morgan fingerprint density at radius 2 is 1.65 bits per heavy atom. The number of carbonyl (C=O) groups is 1. The number of carbonyl (C=O) groups excluding carboxylic acids is 1. The van der Waals surface area contributed by atoms with Gasteiger partial charge in [0.25, 0.3) is 10.0 Å². The summed E-state index contributed by atoms with van der Waals surface area (Å²) < 4.78 is 33.3. The van der Waals surface area contributed by atoms with Crippen molar-refractivity contribution in [3.05, 3.63) is 89.4 Å². The number of ether oxygens (including phenoxy) is 1. The summed E-state index contributed by atoms with van der Waals surface area (Å²) in [6, 6.07) is 21.7. The first kappa shape index (κ1) is 22.7. The summed E-state index contributed by atoms with van der Waals surface area (Å²) in [6.07, 6.45) is 0. The number of nitrogens with one attached hydrogen (secondary N) is 1. The largest absolute Gasteiger partial charge is 0.495 e.